The minimum Gasteiger partial charge on any atom is -0.461 e. The zero-order chi connectivity index (χ0) is 13.8. The van der Waals surface area contributed by atoms with Crippen LogP contribution in [0.1, 0.15) is 30.6 Å². The molecule has 1 aliphatic carbocycles. The largest absolute Gasteiger partial charge is 0.461 e. The zero-order valence-electron chi connectivity index (χ0n) is 12.2. The van der Waals surface area contributed by atoms with Crippen molar-refractivity contribution in [3.63, 3.8) is 0 Å². The van der Waals surface area contributed by atoms with Crippen molar-refractivity contribution in [3.05, 3.63) is 35.6 Å². The highest BCUT2D eigenvalue weighted by atomic mass is 16.5. The average Bonchev–Trinajstić information content (AvgIpc) is 3.22. The predicted molar refractivity (Wildman–Crippen MR) is 80.8 cm³/mol. The first-order valence-corrected chi connectivity index (χ1v) is 7.60. The maximum Gasteiger partial charge on any atom is 0.134 e. The van der Waals surface area contributed by atoms with Gasteiger partial charge in [0.15, 0.2) is 0 Å². The molecule has 1 aromatic heterocycles. The van der Waals surface area contributed by atoms with E-state index >= 15 is 0 Å². The summed E-state index contributed by atoms with van der Waals surface area (Å²) in [4.78, 5) is 0. The minimum absolute atomic E-state index is 0.864. The molecule has 0 saturated heterocycles. The molecule has 3 heteroatoms. The molecule has 3 nitrogen and oxygen atoms in total. The molecule has 108 valence electrons. The van der Waals surface area contributed by atoms with Gasteiger partial charge < -0.3 is 14.5 Å². The lowest BCUT2D eigenvalue weighted by Crippen LogP contribution is -2.17. The van der Waals surface area contributed by atoms with Gasteiger partial charge in [0.25, 0.3) is 0 Å². The molecule has 0 unspecified atom stereocenters. The Balaban J connectivity index is 1.41. The van der Waals surface area contributed by atoms with E-state index in [9.17, 15) is 0 Å². The smallest absolute Gasteiger partial charge is 0.134 e. The maximum atomic E-state index is 5.76. The van der Waals surface area contributed by atoms with Crippen LogP contribution in [-0.4, -0.2) is 19.8 Å². The third-order valence-electron chi connectivity index (χ3n) is 3.89. The number of furan rings is 1. The molecule has 0 aliphatic heterocycles. The van der Waals surface area contributed by atoms with Crippen LogP contribution in [-0.2, 0) is 11.3 Å². The van der Waals surface area contributed by atoms with Crippen LogP contribution < -0.4 is 5.32 Å². The van der Waals surface area contributed by atoms with Gasteiger partial charge in [-0.05, 0) is 44.7 Å². The van der Waals surface area contributed by atoms with Crippen molar-refractivity contribution in [2.45, 2.75) is 32.7 Å². The van der Waals surface area contributed by atoms with Crippen molar-refractivity contribution in [2.24, 2.45) is 5.92 Å². The molecule has 0 amide bonds. The third-order valence-corrected chi connectivity index (χ3v) is 3.89. The topological polar surface area (TPSA) is 34.4 Å². The van der Waals surface area contributed by atoms with Crippen molar-refractivity contribution in [2.75, 3.05) is 19.8 Å². The number of aryl methyl sites for hydroxylation is 1. The second-order valence-electron chi connectivity index (χ2n) is 5.68. The van der Waals surface area contributed by atoms with Gasteiger partial charge in [-0.25, -0.2) is 0 Å². The predicted octanol–water partition coefficient (Wildman–Crippen LogP) is 3.65. The molecule has 0 spiro atoms. The Kier molecular flexibility index (Phi) is 4.38. The van der Waals surface area contributed by atoms with Gasteiger partial charge in [-0.2, -0.15) is 0 Å². The molecular weight excluding hydrogens is 250 g/mol. The van der Waals surface area contributed by atoms with Gasteiger partial charge in [0.1, 0.15) is 11.3 Å². The summed E-state index contributed by atoms with van der Waals surface area (Å²) in [5.41, 5.74) is 2.26. The Morgan fingerprint density at radius 2 is 2.15 bits per heavy atom. The maximum absolute atomic E-state index is 5.76. The van der Waals surface area contributed by atoms with E-state index < -0.39 is 0 Å². The summed E-state index contributed by atoms with van der Waals surface area (Å²) in [6, 6.07) is 8.23. The molecule has 1 saturated carbocycles. The summed E-state index contributed by atoms with van der Waals surface area (Å²) in [6.45, 7) is 5.73. The number of nitrogens with one attached hydrogen (secondary N) is 1. The van der Waals surface area contributed by atoms with Gasteiger partial charge in [0.2, 0.25) is 0 Å². The molecule has 0 bridgehead atoms. The fraction of sp³-hybridized carbons (Fsp3) is 0.529. The number of fused-ring (bicyclic) bond motifs is 1. The lowest BCUT2D eigenvalue weighted by molar-refractivity contribution is 0.122. The molecule has 20 heavy (non-hydrogen) atoms. The van der Waals surface area contributed by atoms with E-state index in [1.165, 1.54) is 23.8 Å². The first kappa shape index (κ1) is 13.7. The lowest BCUT2D eigenvalue weighted by atomic mass is 10.1. The summed E-state index contributed by atoms with van der Waals surface area (Å²) >= 11 is 0. The summed E-state index contributed by atoms with van der Waals surface area (Å²) in [7, 11) is 0. The molecule has 1 fully saturated rings. The molecule has 0 radical (unpaired) electrons. The van der Waals surface area contributed by atoms with Crippen LogP contribution in [0, 0.1) is 12.8 Å². The Bertz CT molecular complexity index is 557. The summed E-state index contributed by atoms with van der Waals surface area (Å²) in [5, 5.41) is 4.71. The van der Waals surface area contributed by atoms with E-state index in [-0.39, 0.29) is 0 Å². The van der Waals surface area contributed by atoms with E-state index in [0.717, 1.165) is 50.0 Å². The van der Waals surface area contributed by atoms with E-state index in [0.29, 0.717) is 0 Å². The first-order valence-electron chi connectivity index (χ1n) is 7.60. The number of benzene rings is 1. The van der Waals surface area contributed by atoms with Crippen LogP contribution >= 0.6 is 0 Å². The molecule has 1 N–H and O–H groups in total. The van der Waals surface area contributed by atoms with Crippen LogP contribution in [0.15, 0.2) is 28.7 Å². The van der Waals surface area contributed by atoms with E-state index in [1.54, 1.807) is 0 Å². The molecule has 1 aromatic carbocycles. The number of para-hydroxylation sites is 1. The normalized spacial score (nSPS) is 15.1. The van der Waals surface area contributed by atoms with Gasteiger partial charge in [-0.1, -0.05) is 18.2 Å². The van der Waals surface area contributed by atoms with Crippen LogP contribution in [0.3, 0.4) is 0 Å². The number of ether oxygens (including phenoxy) is 1. The standard InChI is InChI=1S/C17H23NO2/c1-13-16(15-5-2-3-6-17(15)20-13)11-18-9-4-10-19-12-14-7-8-14/h2-3,5-6,14,18H,4,7-12H2,1H3. The van der Waals surface area contributed by atoms with E-state index in [4.69, 9.17) is 9.15 Å². The number of hydrogen-bond acceptors (Lipinski definition) is 3. The molecule has 1 aliphatic rings. The van der Waals surface area contributed by atoms with Crippen molar-refractivity contribution in [1.82, 2.24) is 5.32 Å². The first-order chi connectivity index (χ1) is 9.84. The lowest BCUT2D eigenvalue weighted by Gasteiger charge is -2.05. The number of rotatable bonds is 8. The Labute approximate surface area is 120 Å². The van der Waals surface area contributed by atoms with Crippen LogP contribution in [0.5, 0.6) is 0 Å². The van der Waals surface area contributed by atoms with Crippen molar-refractivity contribution >= 4 is 11.0 Å². The minimum atomic E-state index is 0.864. The zero-order valence-corrected chi connectivity index (χ0v) is 12.2. The molecule has 2 aromatic rings. The van der Waals surface area contributed by atoms with Crippen molar-refractivity contribution in [3.8, 4) is 0 Å². The van der Waals surface area contributed by atoms with Gasteiger partial charge in [0.05, 0.1) is 0 Å². The van der Waals surface area contributed by atoms with Gasteiger partial charge in [-0.15, -0.1) is 0 Å². The second-order valence-corrected chi connectivity index (χ2v) is 5.68. The van der Waals surface area contributed by atoms with Crippen LogP contribution in [0.4, 0.5) is 0 Å². The Morgan fingerprint density at radius 1 is 1.30 bits per heavy atom. The van der Waals surface area contributed by atoms with E-state index in [2.05, 4.69) is 17.4 Å². The highest BCUT2D eigenvalue weighted by molar-refractivity contribution is 5.82. The van der Waals surface area contributed by atoms with Crippen LogP contribution in [0.25, 0.3) is 11.0 Å². The van der Waals surface area contributed by atoms with Gasteiger partial charge in [0, 0.05) is 30.7 Å². The highest BCUT2D eigenvalue weighted by Gasteiger charge is 2.20. The van der Waals surface area contributed by atoms with Crippen molar-refractivity contribution in [1.29, 1.82) is 0 Å². The fourth-order valence-electron chi connectivity index (χ4n) is 2.49. The van der Waals surface area contributed by atoms with Gasteiger partial charge in [-0.3, -0.25) is 0 Å². The quantitative estimate of drug-likeness (QED) is 0.746. The number of hydrogen-bond donors (Lipinski definition) is 1. The van der Waals surface area contributed by atoms with Crippen molar-refractivity contribution < 1.29 is 9.15 Å². The van der Waals surface area contributed by atoms with Gasteiger partial charge >= 0.3 is 0 Å². The summed E-state index contributed by atoms with van der Waals surface area (Å²) in [5.74, 6) is 1.88. The molecule has 1 heterocycles. The summed E-state index contributed by atoms with van der Waals surface area (Å²) in [6.07, 6.45) is 3.80. The molecule has 3 rings (SSSR count). The monoisotopic (exact) mass is 273 g/mol. The fourth-order valence-corrected chi connectivity index (χ4v) is 2.49. The average molecular weight is 273 g/mol. The third kappa shape index (κ3) is 3.41. The highest BCUT2D eigenvalue weighted by Crippen LogP contribution is 2.28. The second kappa shape index (κ2) is 6.42. The van der Waals surface area contributed by atoms with Crippen LogP contribution in [0.2, 0.25) is 0 Å². The summed E-state index contributed by atoms with van der Waals surface area (Å²) < 4.78 is 11.4. The van der Waals surface area contributed by atoms with E-state index in [1.807, 2.05) is 19.1 Å². The Morgan fingerprint density at radius 3 is 3.00 bits per heavy atom. The molecule has 0 atom stereocenters. The SMILES string of the molecule is Cc1oc2ccccc2c1CNCCCOCC1CC1. The molecular formula is C17H23NO2. The Hall–Kier alpha value is -1.32.